The molecule has 2 nitrogen and oxygen atoms in total. The highest BCUT2D eigenvalue weighted by molar-refractivity contribution is 6.69. The lowest BCUT2D eigenvalue weighted by atomic mass is 10.2. The number of aliphatic hydroxyl groups is 1. The fourth-order valence-corrected chi connectivity index (χ4v) is 1.91. The van der Waals surface area contributed by atoms with Crippen LogP contribution in [0.15, 0.2) is 12.7 Å². The van der Waals surface area contributed by atoms with Crippen molar-refractivity contribution in [3.63, 3.8) is 0 Å². The molecule has 0 saturated carbocycles. The molecule has 1 N–H and O–H groups in total. The molecule has 13 heavy (non-hydrogen) atoms. The normalized spacial score (nSPS) is 15.9. The molecule has 2 unspecified atom stereocenters. The van der Waals surface area contributed by atoms with Gasteiger partial charge in [-0.3, -0.25) is 0 Å². The maximum atomic E-state index is 9.28. The molecule has 2 atom stereocenters. The van der Waals surface area contributed by atoms with E-state index in [9.17, 15) is 5.11 Å². The average molecular weight is 198 g/mol. The molecule has 0 saturated heterocycles. The van der Waals surface area contributed by atoms with Gasteiger partial charge in [-0.2, -0.15) is 0 Å². The third-order valence-corrected chi connectivity index (χ3v) is 2.40. The van der Waals surface area contributed by atoms with Gasteiger partial charge < -0.3 is 9.53 Å². The zero-order chi connectivity index (χ0) is 10.5. The Hall–Kier alpha value is -0.563. The van der Waals surface area contributed by atoms with E-state index < -0.39 is 14.4 Å². The molecule has 0 aromatic heterocycles. The Morgan fingerprint density at radius 2 is 2.15 bits per heavy atom. The first-order valence-electron chi connectivity index (χ1n) is 4.33. The third kappa shape index (κ3) is 6.58. The summed E-state index contributed by atoms with van der Waals surface area (Å²) >= 11 is 0. The van der Waals surface area contributed by atoms with Gasteiger partial charge in [0, 0.05) is 6.42 Å². The fraction of sp³-hybridized carbons (Fsp3) is 0.600. The van der Waals surface area contributed by atoms with Crippen LogP contribution in [0.1, 0.15) is 6.42 Å². The van der Waals surface area contributed by atoms with Crippen molar-refractivity contribution in [3.8, 4) is 12.3 Å². The van der Waals surface area contributed by atoms with Gasteiger partial charge >= 0.3 is 0 Å². The second-order valence-corrected chi connectivity index (χ2v) is 8.38. The van der Waals surface area contributed by atoms with Crippen LogP contribution in [0.4, 0.5) is 0 Å². The monoisotopic (exact) mass is 198 g/mol. The van der Waals surface area contributed by atoms with Gasteiger partial charge in [0.2, 0.25) is 0 Å². The van der Waals surface area contributed by atoms with Crippen LogP contribution in [0.2, 0.25) is 19.6 Å². The van der Waals surface area contributed by atoms with Crippen LogP contribution >= 0.6 is 0 Å². The van der Waals surface area contributed by atoms with E-state index in [1.807, 2.05) is 0 Å². The molecule has 0 heterocycles. The van der Waals surface area contributed by atoms with Crippen molar-refractivity contribution in [2.45, 2.75) is 38.3 Å². The van der Waals surface area contributed by atoms with E-state index in [0.717, 1.165) is 0 Å². The zero-order valence-corrected chi connectivity index (χ0v) is 9.58. The molecule has 0 aliphatic heterocycles. The average Bonchev–Trinajstić information content (AvgIpc) is 2.00. The summed E-state index contributed by atoms with van der Waals surface area (Å²) in [7, 11) is -1.61. The van der Waals surface area contributed by atoms with E-state index in [4.69, 9.17) is 10.8 Å². The van der Waals surface area contributed by atoms with E-state index in [0.29, 0.717) is 6.42 Å². The predicted molar refractivity (Wildman–Crippen MR) is 57.9 cm³/mol. The Morgan fingerprint density at radius 1 is 1.62 bits per heavy atom. The van der Waals surface area contributed by atoms with E-state index >= 15 is 0 Å². The van der Waals surface area contributed by atoms with E-state index in [1.54, 1.807) is 0 Å². The Labute approximate surface area is 81.7 Å². The molecule has 0 spiro atoms. The number of aliphatic hydroxyl groups excluding tert-OH is 1. The summed E-state index contributed by atoms with van der Waals surface area (Å²) in [6, 6.07) is 0. The predicted octanol–water partition coefficient (Wildman–Crippen LogP) is 1.78. The SMILES string of the molecule is C#CC(CC(O)C=C)O[Si](C)(C)C. The largest absolute Gasteiger partial charge is 0.404 e. The lowest BCUT2D eigenvalue weighted by molar-refractivity contribution is 0.148. The quantitative estimate of drug-likeness (QED) is 0.414. The zero-order valence-electron chi connectivity index (χ0n) is 8.58. The highest BCUT2D eigenvalue weighted by atomic mass is 28.4. The second-order valence-electron chi connectivity index (χ2n) is 3.92. The summed E-state index contributed by atoms with van der Waals surface area (Å²) < 4.78 is 5.65. The van der Waals surface area contributed by atoms with Gasteiger partial charge in [-0.25, -0.2) is 0 Å². The molecule has 0 bridgehead atoms. The molecule has 0 aromatic rings. The summed E-state index contributed by atoms with van der Waals surface area (Å²) in [6.07, 6.45) is 6.33. The molecule has 0 aromatic carbocycles. The molecule has 0 aliphatic carbocycles. The first-order chi connectivity index (χ1) is 5.89. The van der Waals surface area contributed by atoms with Crippen LogP contribution in [0.5, 0.6) is 0 Å². The topological polar surface area (TPSA) is 29.5 Å². The molecule has 0 radical (unpaired) electrons. The molecular weight excluding hydrogens is 180 g/mol. The summed E-state index contributed by atoms with van der Waals surface area (Å²) in [5.41, 5.74) is 0. The molecular formula is C10H18O2Si. The van der Waals surface area contributed by atoms with Crippen molar-refractivity contribution in [2.24, 2.45) is 0 Å². The number of terminal acetylenes is 1. The Balaban J connectivity index is 4.07. The van der Waals surface area contributed by atoms with Crippen molar-refractivity contribution in [3.05, 3.63) is 12.7 Å². The first-order valence-corrected chi connectivity index (χ1v) is 7.74. The number of hydrogen-bond donors (Lipinski definition) is 1. The smallest absolute Gasteiger partial charge is 0.185 e. The molecule has 3 heteroatoms. The van der Waals surface area contributed by atoms with E-state index in [2.05, 4.69) is 32.1 Å². The second kappa shape index (κ2) is 5.23. The Morgan fingerprint density at radius 3 is 2.46 bits per heavy atom. The van der Waals surface area contributed by atoms with Gasteiger partial charge in [-0.05, 0) is 19.6 Å². The molecule has 0 rings (SSSR count). The minimum Gasteiger partial charge on any atom is -0.404 e. The van der Waals surface area contributed by atoms with Gasteiger partial charge in [0.25, 0.3) is 0 Å². The maximum absolute atomic E-state index is 9.28. The van der Waals surface area contributed by atoms with Crippen molar-refractivity contribution >= 4 is 8.32 Å². The van der Waals surface area contributed by atoms with Crippen LogP contribution in [0.25, 0.3) is 0 Å². The molecule has 0 fully saturated rings. The minimum absolute atomic E-state index is 0.292. The standard InChI is InChI=1S/C10H18O2Si/c1-6-9(11)8-10(7-2)12-13(3,4)5/h2,6,9-11H,1,8H2,3-5H3. The maximum Gasteiger partial charge on any atom is 0.185 e. The van der Waals surface area contributed by atoms with Crippen LogP contribution in [0.3, 0.4) is 0 Å². The first kappa shape index (κ1) is 12.4. The third-order valence-electron chi connectivity index (χ3n) is 1.41. The van der Waals surface area contributed by atoms with Crippen LogP contribution in [-0.4, -0.2) is 25.6 Å². The van der Waals surface area contributed by atoms with Crippen LogP contribution in [0, 0.1) is 12.3 Å². The van der Waals surface area contributed by atoms with Crippen LogP contribution in [-0.2, 0) is 4.43 Å². The van der Waals surface area contributed by atoms with Crippen molar-refractivity contribution in [1.82, 2.24) is 0 Å². The van der Waals surface area contributed by atoms with Gasteiger partial charge in [0.05, 0.1) is 6.10 Å². The summed E-state index contributed by atoms with van der Waals surface area (Å²) in [6.45, 7) is 9.68. The Kier molecular flexibility index (Phi) is 5.00. The lowest BCUT2D eigenvalue weighted by Crippen LogP contribution is -2.33. The summed E-state index contributed by atoms with van der Waals surface area (Å²) in [5, 5.41) is 9.28. The van der Waals surface area contributed by atoms with Crippen LogP contribution < -0.4 is 0 Å². The van der Waals surface area contributed by atoms with E-state index in [1.165, 1.54) is 6.08 Å². The Bertz CT molecular complexity index is 200. The fourth-order valence-electron chi connectivity index (χ4n) is 0.893. The number of hydrogen-bond acceptors (Lipinski definition) is 2. The van der Waals surface area contributed by atoms with E-state index in [-0.39, 0.29) is 6.10 Å². The molecule has 74 valence electrons. The lowest BCUT2D eigenvalue weighted by Gasteiger charge is -2.23. The van der Waals surface area contributed by atoms with Crippen molar-refractivity contribution in [1.29, 1.82) is 0 Å². The van der Waals surface area contributed by atoms with Crippen molar-refractivity contribution in [2.75, 3.05) is 0 Å². The highest BCUT2D eigenvalue weighted by Crippen LogP contribution is 2.11. The van der Waals surface area contributed by atoms with Gasteiger partial charge in [0.15, 0.2) is 8.32 Å². The highest BCUT2D eigenvalue weighted by Gasteiger charge is 2.20. The molecule has 0 amide bonds. The minimum atomic E-state index is -1.61. The molecule has 0 aliphatic rings. The summed E-state index contributed by atoms with van der Waals surface area (Å²) in [5.74, 6) is 2.53. The van der Waals surface area contributed by atoms with Gasteiger partial charge in [-0.15, -0.1) is 13.0 Å². The van der Waals surface area contributed by atoms with Gasteiger partial charge in [-0.1, -0.05) is 12.0 Å². The number of rotatable bonds is 5. The summed E-state index contributed by atoms with van der Waals surface area (Å²) in [4.78, 5) is 0. The van der Waals surface area contributed by atoms with Gasteiger partial charge in [0.1, 0.15) is 6.10 Å². The van der Waals surface area contributed by atoms with Crippen molar-refractivity contribution < 1.29 is 9.53 Å².